The number of nitrogens with one attached hydrogen (secondary N) is 1. The first kappa shape index (κ1) is 9.84. The van der Waals surface area contributed by atoms with Gasteiger partial charge in [0, 0.05) is 23.6 Å². The van der Waals surface area contributed by atoms with Gasteiger partial charge in [-0.2, -0.15) is 0 Å². The molecule has 0 saturated heterocycles. The van der Waals surface area contributed by atoms with Crippen LogP contribution in [-0.4, -0.2) is 19.1 Å². The number of fused-ring (bicyclic) bond motifs is 1. The summed E-state index contributed by atoms with van der Waals surface area (Å²) < 4.78 is 1.13. The maximum atomic E-state index is 3.49. The van der Waals surface area contributed by atoms with E-state index in [1.165, 1.54) is 11.4 Å². The third-order valence-corrected chi connectivity index (χ3v) is 3.22. The normalized spacial score (nSPS) is 20.2. The number of hydrogen-bond donors (Lipinski definition) is 1. The van der Waals surface area contributed by atoms with Gasteiger partial charge in [-0.25, -0.2) is 0 Å². The Morgan fingerprint density at radius 3 is 3.07 bits per heavy atom. The lowest BCUT2D eigenvalue weighted by atomic mass is 10.1. The molecule has 1 unspecified atom stereocenters. The number of anilines is 2. The Labute approximate surface area is 93.4 Å². The fourth-order valence-electron chi connectivity index (χ4n) is 1.99. The minimum atomic E-state index is 0.577. The number of halogens is 1. The van der Waals surface area contributed by atoms with E-state index in [9.17, 15) is 0 Å². The van der Waals surface area contributed by atoms with Crippen LogP contribution in [0.3, 0.4) is 0 Å². The first-order valence-electron chi connectivity index (χ1n) is 5.02. The maximum Gasteiger partial charge on any atom is 0.0605 e. The van der Waals surface area contributed by atoms with E-state index in [1.807, 2.05) is 0 Å². The van der Waals surface area contributed by atoms with Gasteiger partial charge in [-0.3, -0.25) is 0 Å². The number of nitrogens with zero attached hydrogens (tertiary/aromatic N) is 1. The highest BCUT2D eigenvalue weighted by Crippen LogP contribution is 2.33. The Morgan fingerprint density at radius 2 is 2.36 bits per heavy atom. The van der Waals surface area contributed by atoms with Crippen LogP contribution in [-0.2, 0) is 0 Å². The molecule has 0 saturated carbocycles. The second-order valence-electron chi connectivity index (χ2n) is 3.68. The maximum absolute atomic E-state index is 3.49. The van der Waals surface area contributed by atoms with Crippen LogP contribution in [0, 0.1) is 0 Å². The fourth-order valence-corrected chi connectivity index (χ4v) is 2.35. The van der Waals surface area contributed by atoms with Crippen LogP contribution in [0.25, 0.3) is 0 Å². The zero-order valence-electron chi connectivity index (χ0n) is 8.55. The van der Waals surface area contributed by atoms with Gasteiger partial charge in [0.15, 0.2) is 0 Å². The van der Waals surface area contributed by atoms with Gasteiger partial charge in [0.2, 0.25) is 0 Å². The van der Waals surface area contributed by atoms with Gasteiger partial charge in [-0.05, 0) is 32.0 Å². The summed E-state index contributed by atoms with van der Waals surface area (Å²) in [4.78, 5) is 2.43. The SMILES string of the molecule is CCN1c2ccc(Br)cc2NCC1C. The van der Waals surface area contributed by atoms with E-state index in [1.54, 1.807) is 0 Å². The molecule has 0 radical (unpaired) electrons. The highest BCUT2D eigenvalue weighted by Gasteiger charge is 2.20. The zero-order valence-corrected chi connectivity index (χ0v) is 10.1. The van der Waals surface area contributed by atoms with Crippen LogP contribution in [0.4, 0.5) is 11.4 Å². The molecule has 1 aliphatic heterocycles. The number of rotatable bonds is 1. The van der Waals surface area contributed by atoms with Gasteiger partial charge in [-0.1, -0.05) is 15.9 Å². The zero-order chi connectivity index (χ0) is 10.1. The Balaban J connectivity index is 2.41. The molecule has 0 amide bonds. The van der Waals surface area contributed by atoms with Crippen LogP contribution in [0.1, 0.15) is 13.8 Å². The molecule has 1 aromatic carbocycles. The average Bonchev–Trinajstić information content (AvgIpc) is 2.18. The number of likely N-dealkylation sites (N-methyl/N-ethyl adjacent to an activating group) is 1. The van der Waals surface area contributed by atoms with E-state index < -0.39 is 0 Å². The van der Waals surface area contributed by atoms with Gasteiger partial charge in [0.25, 0.3) is 0 Å². The van der Waals surface area contributed by atoms with Crippen LogP contribution in [0.15, 0.2) is 22.7 Å². The molecular weight excluding hydrogens is 240 g/mol. The van der Waals surface area contributed by atoms with E-state index in [2.05, 4.69) is 58.2 Å². The summed E-state index contributed by atoms with van der Waals surface area (Å²) in [6.07, 6.45) is 0. The molecular formula is C11H15BrN2. The van der Waals surface area contributed by atoms with Crippen LogP contribution in [0.5, 0.6) is 0 Å². The predicted octanol–water partition coefficient (Wildman–Crippen LogP) is 3.09. The topological polar surface area (TPSA) is 15.3 Å². The van der Waals surface area contributed by atoms with E-state index in [0.29, 0.717) is 6.04 Å². The average molecular weight is 255 g/mol. The van der Waals surface area contributed by atoms with Gasteiger partial charge >= 0.3 is 0 Å². The van der Waals surface area contributed by atoms with Crippen molar-refractivity contribution in [3.05, 3.63) is 22.7 Å². The quantitative estimate of drug-likeness (QED) is 0.829. The molecule has 0 fully saturated rings. The minimum Gasteiger partial charge on any atom is -0.381 e. The van der Waals surface area contributed by atoms with Gasteiger partial charge in [0.05, 0.1) is 11.4 Å². The highest BCUT2D eigenvalue weighted by molar-refractivity contribution is 9.10. The molecule has 0 aromatic heterocycles. The van der Waals surface area contributed by atoms with E-state index in [0.717, 1.165) is 17.6 Å². The van der Waals surface area contributed by atoms with Crippen molar-refractivity contribution >= 4 is 27.3 Å². The number of benzene rings is 1. The Kier molecular flexibility index (Phi) is 2.68. The largest absolute Gasteiger partial charge is 0.381 e. The predicted molar refractivity (Wildman–Crippen MR) is 65.1 cm³/mol. The van der Waals surface area contributed by atoms with Gasteiger partial charge in [-0.15, -0.1) is 0 Å². The molecule has 0 bridgehead atoms. The fraction of sp³-hybridized carbons (Fsp3) is 0.455. The van der Waals surface area contributed by atoms with Crippen molar-refractivity contribution in [1.82, 2.24) is 0 Å². The molecule has 1 N–H and O–H groups in total. The standard InChI is InChI=1S/C11H15BrN2/c1-3-14-8(2)7-13-10-6-9(12)4-5-11(10)14/h4-6,8,13H,3,7H2,1-2H3. The van der Waals surface area contributed by atoms with Crippen molar-refractivity contribution in [1.29, 1.82) is 0 Å². The van der Waals surface area contributed by atoms with Gasteiger partial charge < -0.3 is 10.2 Å². The summed E-state index contributed by atoms with van der Waals surface area (Å²) in [5.74, 6) is 0. The Bertz CT molecular complexity index is 338. The summed E-state index contributed by atoms with van der Waals surface area (Å²) in [7, 11) is 0. The molecule has 1 aromatic rings. The van der Waals surface area contributed by atoms with Crippen LogP contribution < -0.4 is 10.2 Å². The lowest BCUT2D eigenvalue weighted by molar-refractivity contribution is 0.659. The van der Waals surface area contributed by atoms with Crippen LogP contribution >= 0.6 is 15.9 Å². The first-order valence-corrected chi connectivity index (χ1v) is 5.81. The Hall–Kier alpha value is -0.700. The molecule has 3 heteroatoms. The molecule has 1 heterocycles. The third kappa shape index (κ3) is 1.61. The van der Waals surface area contributed by atoms with Crippen molar-refractivity contribution in [3.8, 4) is 0 Å². The van der Waals surface area contributed by atoms with Crippen molar-refractivity contribution in [2.75, 3.05) is 23.3 Å². The minimum absolute atomic E-state index is 0.577. The lowest BCUT2D eigenvalue weighted by Crippen LogP contribution is -2.41. The monoisotopic (exact) mass is 254 g/mol. The molecule has 1 atom stereocenters. The molecule has 1 aliphatic rings. The summed E-state index contributed by atoms with van der Waals surface area (Å²) in [5, 5.41) is 3.45. The van der Waals surface area contributed by atoms with E-state index in [-0.39, 0.29) is 0 Å². The van der Waals surface area contributed by atoms with Crippen LogP contribution in [0.2, 0.25) is 0 Å². The van der Waals surface area contributed by atoms with E-state index >= 15 is 0 Å². The van der Waals surface area contributed by atoms with Crippen molar-refractivity contribution in [3.63, 3.8) is 0 Å². The molecule has 76 valence electrons. The summed E-state index contributed by atoms with van der Waals surface area (Å²) in [5.41, 5.74) is 2.55. The second kappa shape index (κ2) is 3.81. The molecule has 0 spiro atoms. The first-order chi connectivity index (χ1) is 6.72. The molecule has 0 aliphatic carbocycles. The third-order valence-electron chi connectivity index (χ3n) is 2.73. The van der Waals surface area contributed by atoms with Crippen molar-refractivity contribution < 1.29 is 0 Å². The molecule has 14 heavy (non-hydrogen) atoms. The number of hydrogen-bond acceptors (Lipinski definition) is 2. The summed E-state index contributed by atoms with van der Waals surface area (Å²) in [6, 6.07) is 6.99. The smallest absolute Gasteiger partial charge is 0.0605 e. The highest BCUT2D eigenvalue weighted by atomic mass is 79.9. The second-order valence-corrected chi connectivity index (χ2v) is 4.59. The Morgan fingerprint density at radius 1 is 1.57 bits per heavy atom. The molecule has 2 rings (SSSR count). The summed E-state index contributed by atoms with van der Waals surface area (Å²) >= 11 is 3.49. The van der Waals surface area contributed by atoms with E-state index in [4.69, 9.17) is 0 Å². The van der Waals surface area contributed by atoms with Crippen molar-refractivity contribution in [2.45, 2.75) is 19.9 Å². The summed E-state index contributed by atoms with van der Waals surface area (Å²) in [6.45, 7) is 6.55. The van der Waals surface area contributed by atoms with Crippen molar-refractivity contribution in [2.24, 2.45) is 0 Å². The molecule has 2 nitrogen and oxygen atoms in total. The van der Waals surface area contributed by atoms with Gasteiger partial charge in [0.1, 0.15) is 0 Å². The lowest BCUT2D eigenvalue weighted by Gasteiger charge is -2.37.